The zero-order chi connectivity index (χ0) is 14.8. The molecule has 0 fully saturated rings. The molecule has 1 aromatic carbocycles. The van der Waals surface area contributed by atoms with E-state index in [0.29, 0.717) is 11.3 Å². The van der Waals surface area contributed by atoms with Gasteiger partial charge in [-0.15, -0.1) is 0 Å². The number of carboxylic acid groups (broad SMARTS) is 1. The van der Waals surface area contributed by atoms with Gasteiger partial charge < -0.3 is 14.9 Å². The average molecular weight is 276 g/mol. The Kier molecular flexibility index (Phi) is 4.02. The van der Waals surface area contributed by atoms with Crippen molar-refractivity contribution in [2.45, 2.75) is 45.1 Å². The van der Waals surface area contributed by atoms with E-state index in [-0.39, 0.29) is 11.3 Å². The van der Waals surface area contributed by atoms with Crippen LogP contribution < -0.4 is 4.74 Å². The number of rotatable bonds is 5. The van der Waals surface area contributed by atoms with Gasteiger partial charge in [0.25, 0.3) is 0 Å². The van der Waals surface area contributed by atoms with Crippen LogP contribution in [0.15, 0.2) is 24.3 Å². The highest BCUT2D eigenvalue weighted by atomic mass is 16.5. The summed E-state index contributed by atoms with van der Waals surface area (Å²) < 4.78 is 5.93. The van der Waals surface area contributed by atoms with Gasteiger partial charge in [-0.1, -0.05) is 19.8 Å². The molecule has 108 valence electrons. The summed E-state index contributed by atoms with van der Waals surface area (Å²) in [7, 11) is 0. The molecule has 0 amide bonds. The zero-order valence-corrected chi connectivity index (χ0v) is 11.8. The van der Waals surface area contributed by atoms with E-state index in [9.17, 15) is 15.0 Å². The molecule has 1 unspecified atom stereocenters. The number of phenolic OH excluding ortho intramolecular Hbond substituents is 1. The molecule has 1 atom stereocenters. The first-order chi connectivity index (χ1) is 9.45. The van der Waals surface area contributed by atoms with Crippen molar-refractivity contribution in [3.05, 3.63) is 29.8 Å². The molecule has 0 spiro atoms. The number of unbranched alkanes of at least 4 members (excludes halogenated alkanes) is 2. The van der Waals surface area contributed by atoms with Crippen LogP contribution >= 0.6 is 0 Å². The number of ether oxygens (including phenoxy) is 1. The van der Waals surface area contributed by atoms with Crippen LogP contribution in [0.2, 0.25) is 0 Å². The summed E-state index contributed by atoms with van der Waals surface area (Å²) in [4.78, 5) is 11.4. The minimum Gasteiger partial charge on any atom is -0.508 e. The maximum absolute atomic E-state index is 11.4. The second kappa shape index (κ2) is 5.57. The van der Waals surface area contributed by atoms with Crippen molar-refractivity contribution in [3.8, 4) is 11.5 Å². The molecule has 1 heterocycles. The fourth-order valence-corrected chi connectivity index (χ4v) is 2.51. The second-order valence-corrected chi connectivity index (χ2v) is 5.42. The molecular weight excluding hydrogens is 256 g/mol. The minimum atomic E-state index is -0.970. The molecule has 0 saturated carbocycles. The topological polar surface area (TPSA) is 66.8 Å². The predicted molar refractivity (Wildman–Crippen MR) is 76.9 cm³/mol. The molecule has 0 aromatic heterocycles. The SMILES string of the molecule is CCCCCC1(C)C=C(C(=O)O)c2ccc(O)cc2O1. The van der Waals surface area contributed by atoms with Crippen molar-refractivity contribution in [3.63, 3.8) is 0 Å². The molecule has 0 bridgehead atoms. The number of hydrogen-bond acceptors (Lipinski definition) is 3. The average Bonchev–Trinajstić information content (AvgIpc) is 2.37. The number of benzene rings is 1. The van der Waals surface area contributed by atoms with Gasteiger partial charge in [0, 0.05) is 11.6 Å². The summed E-state index contributed by atoms with van der Waals surface area (Å²) in [6, 6.07) is 4.53. The van der Waals surface area contributed by atoms with E-state index >= 15 is 0 Å². The van der Waals surface area contributed by atoms with E-state index in [1.54, 1.807) is 12.1 Å². The van der Waals surface area contributed by atoms with Gasteiger partial charge >= 0.3 is 5.97 Å². The van der Waals surface area contributed by atoms with E-state index < -0.39 is 11.6 Å². The van der Waals surface area contributed by atoms with Gasteiger partial charge in [-0.2, -0.15) is 0 Å². The van der Waals surface area contributed by atoms with Crippen molar-refractivity contribution in [2.24, 2.45) is 0 Å². The van der Waals surface area contributed by atoms with Crippen LogP contribution in [0.1, 0.15) is 45.1 Å². The van der Waals surface area contributed by atoms with Crippen LogP contribution in [0, 0.1) is 0 Å². The van der Waals surface area contributed by atoms with Crippen LogP contribution in [0.5, 0.6) is 11.5 Å². The lowest BCUT2D eigenvalue weighted by Gasteiger charge is -2.33. The maximum Gasteiger partial charge on any atom is 0.336 e. The predicted octanol–water partition coefficient (Wildman–Crippen LogP) is 3.59. The quantitative estimate of drug-likeness (QED) is 0.806. The highest BCUT2D eigenvalue weighted by Gasteiger charge is 2.33. The summed E-state index contributed by atoms with van der Waals surface area (Å²) in [5, 5.41) is 18.9. The number of fused-ring (bicyclic) bond motifs is 1. The maximum atomic E-state index is 11.4. The Labute approximate surface area is 118 Å². The van der Waals surface area contributed by atoms with Gasteiger partial charge in [0.1, 0.15) is 17.1 Å². The van der Waals surface area contributed by atoms with Crippen molar-refractivity contribution in [1.29, 1.82) is 0 Å². The second-order valence-electron chi connectivity index (χ2n) is 5.42. The van der Waals surface area contributed by atoms with Gasteiger partial charge in [-0.3, -0.25) is 0 Å². The third kappa shape index (κ3) is 2.95. The standard InChI is InChI=1S/C16H20O4/c1-3-4-5-8-16(2)10-13(15(18)19)12-7-6-11(17)9-14(12)20-16/h6-7,9-10,17H,3-5,8H2,1-2H3,(H,18,19). The van der Waals surface area contributed by atoms with Crippen molar-refractivity contribution in [1.82, 2.24) is 0 Å². The number of aromatic hydroxyl groups is 1. The molecule has 4 nitrogen and oxygen atoms in total. The van der Waals surface area contributed by atoms with Gasteiger partial charge in [0.05, 0.1) is 5.57 Å². The lowest BCUT2D eigenvalue weighted by Crippen LogP contribution is -2.34. The highest BCUT2D eigenvalue weighted by Crippen LogP contribution is 2.40. The van der Waals surface area contributed by atoms with Crippen molar-refractivity contribution < 1.29 is 19.7 Å². The first kappa shape index (κ1) is 14.4. The first-order valence-electron chi connectivity index (χ1n) is 6.94. The van der Waals surface area contributed by atoms with Crippen LogP contribution in [0.4, 0.5) is 0 Å². The Morgan fingerprint density at radius 1 is 1.35 bits per heavy atom. The summed E-state index contributed by atoms with van der Waals surface area (Å²) in [5.74, 6) is -0.461. The molecule has 20 heavy (non-hydrogen) atoms. The van der Waals surface area contributed by atoms with Gasteiger partial charge in [0.15, 0.2) is 0 Å². The normalized spacial score (nSPS) is 20.8. The van der Waals surface area contributed by atoms with E-state index in [2.05, 4.69) is 6.92 Å². The Bertz CT molecular complexity index is 547. The fourth-order valence-electron chi connectivity index (χ4n) is 2.51. The Morgan fingerprint density at radius 3 is 2.75 bits per heavy atom. The summed E-state index contributed by atoms with van der Waals surface area (Å²) in [6.07, 6.45) is 5.60. The third-order valence-electron chi connectivity index (χ3n) is 3.56. The number of phenols is 1. The first-order valence-corrected chi connectivity index (χ1v) is 6.94. The molecule has 0 radical (unpaired) electrons. The molecule has 0 saturated heterocycles. The van der Waals surface area contributed by atoms with Crippen LogP contribution in [0.3, 0.4) is 0 Å². The molecule has 1 aliphatic rings. The van der Waals surface area contributed by atoms with Gasteiger partial charge in [0.2, 0.25) is 0 Å². The molecule has 1 aromatic rings. The van der Waals surface area contributed by atoms with E-state index in [4.69, 9.17) is 4.74 Å². The smallest absolute Gasteiger partial charge is 0.336 e. The molecule has 2 rings (SSSR count). The summed E-state index contributed by atoms with van der Waals surface area (Å²) in [6.45, 7) is 4.01. The van der Waals surface area contributed by atoms with E-state index in [1.807, 2.05) is 6.92 Å². The van der Waals surface area contributed by atoms with Crippen LogP contribution in [-0.2, 0) is 4.79 Å². The Balaban J connectivity index is 2.36. The lowest BCUT2D eigenvalue weighted by molar-refractivity contribution is -0.130. The van der Waals surface area contributed by atoms with E-state index in [1.165, 1.54) is 12.1 Å². The van der Waals surface area contributed by atoms with Crippen molar-refractivity contribution >= 4 is 11.5 Å². The lowest BCUT2D eigenvalue weighted by atomic mass is 9.89. The monoisotopic (exact) mass is 276 g/mol. The molecule has 2 N–H and O–H groups in total. The van der Waals surface area contributed by atoms with Gasteiger partial charge in [-0.25, -0.2) is 4.79 Å². The molecule has 4 heteroatoms. The number of hydrogen-bond donors (Lipinski definition) is 2. The van der Waals surface area contributed by atoms with Crippen LogP contribution in [0.25, 0.3) is 5.57 Å². The zero-order valence-electron chi connectivity index (χ0n) is 11.8. The highest BCUT2D eigenvalue weighted by molar-refractivity contribution is 6.16. The van der Waals surface area contributed by atoms with Crippen molar-refractivity contribution in [2.75, 3.05) is 0 Å². The molecular formula is C16H20O4. The number of carboxylic acids is 1. The van der Waals surface area contributed by atoms with Gasteiger partial charge in [-0.05, 0) is 38.0 Å². The molecule has 1 aliphatic heterocycles. The summed E-state index contributed by atoms with van der Waals surface area (Å²) >= 11 is 0. The summed E-state index contributed by atoms with van der Waals surface area (Å²) in [5.41, 5.74) is 0.123. The van der Waals surface area contributed by atoms with E-state index in [0.717, 1.165) is 25.7 Å². The minimum absolute atomic E-state index is 0.0753. The Morgan fingerprint density at radius 2 is 2.10 bits per heavy atom. The number of carbonyl (C=O) groups is 1. The third-order valence-corrected chi connectivity index (χ3v) is 3.56. The Hall–Kier alpha value is -1.97. The molecule has 0 aliphatic carbocycles. The number of aliphatic carboxylic acids is 1. The largest absolute Gasteiger partial charge is 0.508 e. The van der Waals surface area contributed by atoms with Crippen LogP contribution in [-0.4, -0.2) is 21.8 Å². The fraction of sp³-hybridized carbons (Fsp3) is 0.438.